The molecule has 2 aliphatic heterocycles. The fourth-order valence-corrected chi connectivity index (χ4v) is 7.77. The molecule has 0 radical (unpaired) electrons. The van der Waals surface area contributed by atoms with E-state index in [9.17, 15) is 32.4 Å². The van der Waals surface area contributed by atoms with Crippen LogP contribution in [0.15, 0.2) is 12.7 Å². The number of hydrogen-bond donors (Lipinski definition) is 5. The standard InChI is InChI=1S/C33H53N7O7S/c1-11-13-14-21(25(41)28(43)34-15-12-2)36-27(42)24-23-20(33(23,9)10)18-40(24)29(44)26(32(6,7)8)38-30(45)37-22(31(3,4)5)19-39-17-16-35-48(39,46)47/h1,12,20-24,26,35H,2,13-19H2,3-10H3,(H,34,43)(H,36,42)(H2,37,38,45)/t20?,21?,22-,23+,24+,26-/m1/s1. The van der Waals surface area contributed by atoms with Crippen molar-refractivity contribution in [2.75, 3.05) is 32.7 Å². The Labute approximate surface area is 285 Å². The third kappa shape index (κ3) is 8.75. The molecule has 48 heavy (non-hydrogen) atoms. The van der Waals surface area contributed by atoms with Gasteiger partial charge in [0.25, 0.3) is 16.1 Å². The summed E-state index contributed by atoms with van der Waals surface area (Å²) < 4.78 is 28.5. The van der Waals surface area contributed by atoms with Crippen molar-refractivity contribution in [2.45, 2.75) is 92.4 Å². The SMILES string of the molecule is C#CCCC(NC(=O)[C@@H]1[C@@H]2C(CN1C(=O)[C@@H](NC(=O)N[C@H](CN1CCNS1(=O)=O)C(C)(C)C)C(C)(C)C)C2(C)C)C(=O)C(=O)NCC=C. The first-order valence-corrected chi connectivity index (χ1v) is 17.8. The average Bonchev–Trinajstić information content (AvgIpc) is 3.26. The fraction of sp³-hybridized carbons (Fsp3) is 0.727. The van der Waals surface area contributed by atoms with Crippen molar-refractivity contribution in [3.05, 3.63) is 12.7 Å². The second-order valence-corrected chi connectivity index (χ2v) is 17.4. The molecule has 0 spiro atoms. The van der Waals surface area contributed by atoms with Crippen molar-refractivity contribution in [2.24, 2.45) is 28.1 Å². The largest absolute Gasteiger partial charge is 0.346 e. The number of fused-ring (bicyclic) bond motifs is 1. The maximum Gasteiger partial charge on any atom is 0.315 e. The summed E-state index contributed by atoms with van der Waals surface area (Å²) in [6.07, 6.45) is 7.02. The quantitative estimate of drug-likeness (QED) is 0.106. The lowest BCUT2D eigenvalue weighted by atomic mass is 9.85. The van der Waals surface area contributed by atoms with Crippen molar-refractivity contribution in [3.8, 4) is 12.3 Å². The van der Waals surface area contributed by atoms with E-state index in [0.29, 0.717) is 0 Å². The lowest BCUT2D eigenvalue weighted by Gasteiger charge is -2.39. The highest BCUT2D eigenvalue weighted by Crippen LogP contribution is 2.65. The highest BCUT2D eigenvalue weighted by atomic mass is 32.2. The summed E-state index contributed by atoms with van der Waals surface area (Å²) in [7, 11) is -3.65. The molecule has 14 nitrogen and oxygen atoms in total. The van der Waals surface area contributed by atoms with E-state index in [2.05, 4.69) is 38.5 Å². The molecule has 0 aromatic rings. The molecule has 1 aliphatic carbocycles. The summed E-state index contributed by atoms with van der Waals surface area (Å²) in [6.45, 7) is 19.5. The van der Waals surface area contributed by atoms with Gasteiger partial charge in [0, 0.05) is 45.2 Å². The number of Topliss-reactive ketones (excluding diaryl/α,β-unsaturated/α-hetero) is 1. The molecule has 0 bridgehead atoms. The molecule has 5 N–H and O–H groups in total. The minimum Gasteiger partial charge on any atom is -0.346 e. The van der Waals surface area contributed by atoms with E-state index in [4.69, 9.17) is 6.42 Å². The van der Waals surface area contributed by atoms with E-state index in [1.165, 1.54) is 15.3 Å². The van der Waals surface area contributed by atoms with Gasteiger partial charge in [0.2, 0.25) is 17.6 Å². The van der Waals surface area contributed by atoms with Gasteiger partial charge in [-0.1, -0.05) is 61.5 Å². The van der Waals surface area contributed by atoms with Crippen molar-refractivity contribution in [1.82, 2.24) is 35.2 Å². The van der Waals surface area contributed by atoms with Gasteiger partial charge in [0.1, 0.15) is 12.1 Å². The van der Waals surface area contributed by atoms with Gasteiger partial charge >= 0.3 is 6.03 Å². The molecule has 2 heterocycles. The predicted octanol–water partition coefficient (Wildman–Crippen LogP) is 0.518. The first kappa shape index (κ1) is 39.0. The molecule has 2 unspecified atom stereocenters. The fourth-order valence-electron chi connectivity index (χ4n) is 6.56. The van der Waals surface area contributed by atoms with E-state index in [-0.39, 0.29) is 62.8 Å². The Balaban J connectivity index is 1.83. The summed E-state index contributed by atoms with van der Waals surface area (Å²) in [5.74, 6) is -0.508. The zero-order chi connectivity index (χ0) is 36.4. The molecule has 6 atom stereocenters. The number of hydrogen-bond acceptors (Lipinski definition) is 7. The van der Waals surface area contributed by atoms with Crippen LogP contribution in [-0.4, -0.2) is 104 Å². The van der Waals surface area contributed by atoms with Crippen LogP contribution in [0.5, 0.6) is 0 Å². The lowest BCUT2D eigenvalue weighted by Crippen LogP contribution is -2.62. The number of urea groups is 1. The zero-order valence-electron chi connectivity index (χ0n) is 29.4. The molecule has 0 aromatic carbocycles. The molecule has 3 rings (SSSR count). The molecule has 268 valence electrons. The van der Waals surface area contributed by atoms with Crippen LogP contribution in [0.2, 0.25) is 0 Å². The van der Waals surface area contributed by atoms with Crippen LogP contribution in [0.1, 0.15) is 68.2 Å². The molecule has 2 saturated heterocycles. The van der Waals surface area contributed by atoms with Gasteiger partial charge in [-0.15, -0.1) is 18.9 Å². The lowest BCUT2D eigenvalue weighted by molar-refractivity contribution is -0.145. The summed E-state index contributed by atoms with van der Waals surface area (Å²) in [4.78, 5) is 68.7. The first-order valence-electron chi connectivity index (χ1n) is 16.4. The van der Waals surface area contributed by atoms with Gasteiger partial charge in [-0.05, 0) is 34.5 Å². The number of rotatable bonds is 13. The maximum absolute atomic E-state index is 14.3. The van der Waals surface area contributed by atoms with Crippen LogP contribution in [0.3, 0.4) is 0 Å². The van der Waals surface area contributed by atoms with Gasteiger partial charge in [0.05, 0.1) is 6.04 Å². The first-order chi connectivity index (χ1) is 22.1. The minimum atomic E-state index is -3.65. The van der Waals surface area contributed by atoms with Crippen molar-refractivity contribution >= 4 is 39.7 Å². The normalized spacial score (nSPS) is 24.6. The Morgan fingerprint density at radius 2 is 1.71 bits per heavy atom. The van der Waals surface area contributed by atoms with Gasteiger partial charge in [-0.25, -0.2) is 9.52 Å². The van der Waals surface area contributed by atoms with E-state index in [0.717, 1.165) is 0 Å². The zero-order valence-corrected chi connectivity index (χ0v) is 30.3. The molecule has 3 aliphatic rings. The predicted molar refractivity (Wildman–Crippen MR) is 181 cm³/mol. The van der Waals surface area contributed by atoms with E-state index >= 15 is 0 Å². The third-order valence-electron chi connectivity index (χ3n) is 9.71. The summed E-state index contributed by atoms with van der Waals surface area (Å²) in [6, 6.07) is -4.44. The third-order valence-corrected chi connectivity index (χ3v) is 11.3. The van der Waals surface area contributed by atoms with Gasteiger partial charge < -0.3 is 26.2 Å². The van der Waals surface area contributed by atoms with Crippen LogP contribution in [0, 0.1) is 40.4 Å². The summed E-state index contributed by atoms with van der Waals surface area (Å²) in [5, 5.41) is 10.8. The number of nitrogens with one attached hydrogen (secondary N) is 5. The number of nitrogens with zero attached hydrogens (tertiary/aromatic N) is 2. The second kappa shape index (κ2) is 14.6. The molecule has 5 amide bonds. The maximum atomic E-state index is 14.3. The van der Waals surface area contributed by atoms with Gasteiger partial charge in [-0.2, -0.15) is 12.7 Å². The molecule has 3 fully saturated rings. The van der Waals surface area contributed by atoms with Crippen molar-refractivity contribution < 1.29 is 32.4 Å². The number of likely N-dealkylation sites (tertiary alicyclic amines) is 1. The summed E-state index contributed by atoms with van der Waals surface area (Å²) in [5.41, 5.74) is -1.56. The highest BCUT2D eigenvalue weighted by Gasteiger charge is 2.70. The Kier molecular flexibility index (Phi) is 11.8. The number of carbonyl (C=O) groups is 5. The monoisotopic (exact) mass is 691 g/mol. The Hall–Kier alpha value is -3.48. The number of carbonyl (C=O) groups excluding carboxylic acids is 5. The van der Waals surface area contributed by atoms with Crippen LogP contribution in [0.25, 0.3) is 0 Å². The highest BCUT2D eigenvalue weighted by molar-refractivity contribution is 7.87. The van der Waals surface area contributed by atoms with E-state index in [1.807, 2.05) is 34.6 Å². The Morgan fingerprint density at radius 1 is 1.06 bits per heavy atom. The number of piperidine rings is 1. The minimum absolute atomic E-state index is 0.0173. The van der Waals surface area contributed by atoms with Crippen LogP contribution in [-0.2, 0) is 29.4 Å². The Bertz CT molecular complexity index is 1440. The van der Waals surface area contributed by atoms with E-state index < -0.39 is 74.7 Å². The number of amides is 5. The second-order valence-electron chi connectivity index (χ2n) is 15.6. The Morgan fingerprint density at radius 3 is 2.23 bits per heavy atom. The van der Waals surface area contributed by atoms with Crippen LogP contribution < -0.4 is 26.0 Å². The topological polar surface area (TPSA) is 186 Å². The van der Waals surface area contributed by atoms with E-state index in [1.54, 1.807) is 20.8 Å². The molecular formula is C33H53N7O7S. The molecular weight excluding hydrogens is 638 g/mol. The van der Waals surface area contributed by atoms with Gasteiger partial charge in [-0.3, -0.25) is 19.2 Å². The molecule has 0 aromatic heterocycles. The smallest absolute Gasteiger partial charge is 0.315 e. The van der Waals surface area contributed by atoms with Crippen molar-refractivity contribution in [1.29, 1.82) is 0 Å². The van der Waals surface area contributed by atoms with Crippen LogP contribution in [0.4, 0.5) is 4.79 Å². The number of ketones is 1. The van der Waals surface area contributed by atoms with Gasteiger partial charge in [0.15, 0.2) is 0 Å². The summed E-state index contributed by atoms with van der Waals surface area (Å²) >= 11 is 0. The molecule has 1 saturated carbocycles. The molecule has 15 heteroatoms. The number of terminal acetylenes is 1. The average molecular weight is 692 g/mol. The van der Waals surface area contributed by atoms with Crippen molar-refractivity contribution in [3.63, 3.8) is 0 Å². The van der Waals surface area contributed by atoms with Crippen LogP contribution >= 0.6 is 0 Å².